The Kier molecular flexibility index (Phi) is 25.5. The molecule has 0 bridgehead atoms. The number of nitrogens with two attached hydrogens (primary N) is 1. The molecule has 0 aromatic heterocycles. The lowest BCUT2D eigenvalue weighted by molar-refractivity contribution is 0.0513. The minimum absolute atomic E-state index is 0. The molecule has 6 atom stereocenters. The van der Waals surface area contributed by atoms with Crippen LogP contribution in [0, 0.1) is 17.8 Å². The van der Waals surface area contributed by atoms with Crippen LogP contribution in [0.3, 0.4) is 0 Å². The summed E-state index contributed by atoms with van der Waals surface area (Å²) in [5.41, 5.74) is 6.91. The summed E-state index contributed by atoms with van der Waals surface area (Å²) < 4.78 is 56.2. The first-order valence-electron chi connectivity index (χ1n) is 21.3. The Morgan fingerprint density at radius 3 is 1.31 bits per heavy atom. The fourth-order valence-corrected chi connectivity index (χ4v) is 8.21. The quantitative estimate of drug-likeness (QED) is 0.0997. The molecule has 2 amide bonds. The van der Waals surface area contributed by atoms with E-state index in [1.165, 1.54) is 0 Å². The maximum Gasteiger partial charge on any atom is 0.407 e. The van der Waals surface area contributed by atoms with Gasteiger partial charge in [-0.25, -0.2) is 22.8 Å². The molecule has 3 aromatic carbocycles. The predicted molar refractivity (Wildman–Crippen MR) is 264 cm³/mol. The van der Waals surface area contributed by atoms with Gasteiger partial charge in [0.25, 0.3) is 0 Å². The van der Waals surface area contributed by atoms with Crippen molar-refractivity contribution in [2.24, 2.45) is 23.5 Å². The predicted octanol–water partition coefficient (Wildman–Crippen LogP) is 13.1. The molecular weight excluding hydrogens is 1030 g/mol. The number of hydrogen-bond acceptors (Lipinski definition) is 9. The van der Waals surface area contributed by atoms with E-state index in [0.29, 0.717) is 78.7 Å². The first-order chi connectivity index (χ1) is 31.0. The van der Waals surface area contributed by atoms with Gasteiger partial charge in [0.05, 0.1) is 36.7 Å². The van der Waals surface area contributed by atoms with E-state index in [4.69, 9.17) is 99.4 Å². The molecule has 21 heteroatoms. The standard InChI is InChI=1S/C17H22Cl2FNO3.C15H19Cl2NO3.C12H14Cl2FNO.C2H5FO.ClH/c1-17(2,3)24-16(22)21-9-10-8-11(10)14-13(23-7-6-20)5-4-12(18)15(14)19;1-15(2,3)21-14(20)18-7-8-6-9(8)12-11(19)5-4-10(16)13(12)17;13-9-1-2-10(17-4-3-15)11(12(9)14)8-5-7(8)6-16;3-1-2-4;/h4-5,10-11H,6-9H2,1-3H3,(H,21,22);4-5,8-9,19H,6-7H2,1-3H3,(H,18,20);1-2,7-8H,3-6,16H2;4H,1-2H2;1H. The smallest absolute Gasteiger partial charge is 0.407 e. The van der Waals surface area contributed by atoms with Crippen molar-refractivity contribution in [1.82, 2.24) is 10.6 Å². The normalized spacial score (nSPS) is 19.8. The van der Waals surface area contributed by atoms with E-state index >= 15 is 0 Å². The fourth-order valence-electron chi connectivity index (χ4n) is 6.82. The molecule has 6 unspecified atom stereocenters. The third kappa shape index (κ3) is 19.9. The highest BCUT2D eigenvalue weighted by molar-refractivity contribution is 6.43. The van der Waals surface area contributed by atoms with Gasteiger partial charge < -0.3 is 45.5 Å². The summed E-state index contributed by atoms with van der Waals surface area (Å²) in [5.74, 6) is 2.74. The van der Waals surface area contributed by atoms with Crippen molar-refractivity contribution in [3.63, 3.8) is 0 Å². The molecule has 3 saturated carbocycles. The van der Waals surface area contributed by atoms with Crippen LogP contribution in [-0.4, -0.2) is 93.1 Å². The van der Waals surface area contributed by atoms with Gasteiger partial charge in [-0.15, -0.1) is 12.4 Å². The topological polar surface area (TPSA) is 162 Å². The number of halogens is 10. The number of rotatable bonds is 15. The monoisotopic (exact) mass is 1090 g/mol. The van der Waals surface area contributed by atoms with Crippen molar-refractivity contribution in [3.05, 3.63) is 83.2 Å². The third-order valence-corrected chi connectivity index (χ3v) is 12.5. The molecule has 3 aliphatic carbocycles. The maximum absolute atomic E-state index is 12.4. The van der Waals surface area contributed by atoms with Crippen LogP contribution in [0.4, 0.5) is 22.8 Å². The largest absolute Gasteiger partial charge is 0.508 e. The summed E-state index contributed by atoms with van der Waals surface area (Å²) in [6.07, 6.45) is 1.81. The summed E-state index contributed by atoms with van der Waals surface area (Å²) >= 11 is 36.7. The summed E-state index contributed by atoms with van der Waals surface area (Å²) in [4.78, 5) is 23.3. The Hall–Kier alpha value is -2.66. The molecular formula is C46H61Cl7F3N3O8. The van der Waals surface area contributed by atoms with E-state index < -0.39 is 43.4 Å². The molecule has 0 spiro atoms. The fraction of sp³-hybridized carbons (Fsp3) is 0.565. The number of alkyl halides is 3. The van der Waals surface area contributed by atoms with Crippen molar-refractivity contribution in [3.8, 4) is 17.2 Å². The first-order valence-corrected chi connectivity index (χ1v) is 23.6. The number of alkyl carbamates (subject to hydrolysis) is 2. The second-order valence-corrected chi connectivity index (χ2v) is 20.0. The van der Waals surface area contributed by atoms with Gasteiger partial charge in [-0.3, -0.25) is 0 Å². The molecule has 3 aliphatic rings. The number of carbonyl (C=O) groups is 2. The Morgan fingerprint density at radius 1 is 0.627 bits per heavy atom. The van der Waals surface area contributed by atoms with E-state index in [-0.39, 0.29) is 61.6 Å². The highest BCUT2D eigenvalue weighted by Crippen LogP contribution is 2.55. The molecule has 0 radical (unpaired) electrons. The van der Waals surface area contributed by atoms with Gasteiger partial charge in [0.2, 0.25) is 0 Å². The van der Waals surface area contributed by atoms with Crippen LogP contribution < -0.4 is 25.8 Å². The van der Waals surface area contributed by atoms with Crippen LogP contribution in [0.5, 0.6) is 17.2 Å². The molecule has 6 rings (SSSR count). The van der Waals surface area contributed by atoms with Gasteiger partial charge >= 0.3 is 12.2 Å². The highest BCUT2D eigenvalue weighted by atomic mass is 35.5. The van der Waals surface area contributed by atoms with Crippen LogP contribution >= 0.6 is 82.0 Å². The van der Waals surface area contributed by atoms with E-state index in [2.05, 4.69) is 10.6 Å². The number of carbonyl (C=O) groups excluding carboxylic acids is 2. The molecule has 378 valence electrons. The molecule has 3 aromatic rings. The van der Waals surface area contributed by atoms with Gasteiger partial charge in [-0.05, 0) is 139 Å². The minimum Gasteiger partial charge on any atom is -0.508 e. The average Bonchev–Trinajstić information content (AvgIpc) is 4.16. The molecule has 0 aliphatic heterocycles. The molecule has 0 saturated heterocycles. The van der Waals surface area contributed by atoms with Crippen LogP contribution in [0.25, 0.3) is 0 Å². The second-order valence-electron chi connectivity index (χ2n) is 17.6. The van der Waals surface area contributed by atoms with E-state index in [1.54, 1.807) is 36.4 Å². The highest BCUT2D eigenvalue weighted by Gasteiger charge is 2.43. The molecule has 0 heterocycles. The van der Waals surface area contributed by atoms with Crippen molar-refractivity contribution < 1.29 is 51.9 Å². The summed E-state index contributed by atoms with van der Waals surface area (Å²) in [6, 6.07) is 9.86. The van der Waals surface area contributed by atoms with Crippen LogP contribution in [0.1, 0.15) is 95.2 Å². The van der Waals surface area contributed by atoms with E-state index in [1.807, 2.05) is 41.5 Å². The lowest BCUT2D eigenvalue weighted by atomic mass is 10.1. The molecule has 11 nitrogen and oxygen atoms in total. The van der Waals surface area contributed by atoms with Gasteiger partial charge in [-0.2, -0.15) is 0 Å². The number of nitrogens with one attached hydrogen (secondary N) is 2. The maximum atomic E-state index is 12.4. The van der Waals surface area contributed by atoms with Crippen molar-refractivity contribution >= 4 is 94.2 Å². The Labute approximate surface area is 427 Å². The Bertz CT molecular complexity index is 2060. The van der Waals surface area contributed by atoms with Crippen LogP contribution in [0.2, 0.25) is 30.1 Å². The lowest BCUT2D eigenvalue weighted by Gasteiger charge is -2.19. The zero-order valence-electron chi connectivity index (χ0n) is 38.1. The van der Waals surface area contributed by atoms with E-state index in [9.17, 15) is 27.9 Å². The van der Waals surface area contributed by atoms with Crippen molar-refractivity contribution in [2.75, 3.05) is 59.5 Å². The number of aliphatic hydroxyl groups excluding tert-OH is 1. The van der Waals surface area contributed by atoms with Crippen LogP contribution in [-0.2, 0) is 9.47 Å². The number of aromatic hydroxyl groups is 1. The Morgan fingerprint density at radius 2 is 0.970 bits per heavy atom. The zero-order valence-corrected chi connectivity index (χ0v) is 43.5. The lowest BCUT2D eigenvalue weighted by Crippen LogP contribution is -2.33. The first kappa shape index (κ1) is 60.5. The van der Waals surface area contributed by atoms with Crippen molar-refractivity contribution in [2.45, 2.75) is 89.8 Å². The zero-order chi connectivity index (χ0) is 49.5. The number of ether oxygens (including phenoxy) is 4. The number of amides is 2. The molecule has 3 fully saturated rings. The number of phenols is 1. The number of benzene rings is 3. The van der Waals surface area contributed by atoms with Crippen LogP contribution in [0.15, 0.2) is 36.4 Å². The summed E-state index contributed by atoms with van der Waals surface area (Å²) in [7, 11) is 0. The third-order valence-electron chi connectivity index (χ3n) is 10.0. The number of aliphatic hydroxyl groups is 1. The number of phenolic OH excluding ortho intramolecular Hbond substituents is 1. The minimum atomic E-state index is -0.625. The molecule has 67 heavy (non-hydrogen) atoms. The van der Waals surface area contributed by atoms with Gasteiger partial charge in [0, 0.05) is 29.8 Å². The Balaban J connectivity index is 0.000000333. The molecule has 6 N–H and O–H groups in total. The number of hydrogen-bond donors (Lipinski definition) is 5. The SMILES string of the molecule is CC(C)(C)OC(=O)NCC1CC1c1c(O)ccc(Cl)c1Cl.CC(C)(C)OC(=O)NCC1CC1c1c(OCCF)ccc(Cl)c1Cl.Cl.NCC1CC1c1c(OCCF)ccc(Cl)c1Cl.OCCF. The van der Waals surface area contributed by atoms with Crippen molar-refractivity contribution in [1.29, 1.82) is 0 Å². The van der Waals surface area contributed by atoms with Gasteiger partial charge in [0.1, 0.15) is 61.7 Å². The summed E-state index contributed by atoms with van der Waals surface area (Å²) in [6.45, 7) is 10.4. The second kappa shape index (κ2) is 28.3. The summed E-state index contributed by atoms with van der Waals surface area (Å²) in [5, 5.41) is 25.6. The van der Waals surface area contributed by atoms with E-state index in [0.717, 1.165) is 30.4 Å². The van der Waals surface area contributed by atoms with Gasteiger partial charge in [-0.1, -0.05) is 69.6 Å². The van der Waals surface area contributed by atoms with Gasteiger partial charge in [0.15, 0.2) is 0 Å². The average molecular weight is 1090 g/mol.